The van der Waals surface area contributed by atoms with E-state index in [9.17, 15) is 5.11 Å². The van der Waals surface area contributed by atoms with E-state index in [1.54, 1.807) is 18.6 Å². The Morgan fingerprint density at radius 2 is 1.74 bits per heavy atom. The largest absolute Gasteiger partial charge is 0.508 e. The van der Waals surface area contributed by atoms with E-state index in [0.717, 1.165) is 43.0 Å². The van der Waals surface area contributed by atoms with Crippen molar-refractivity contribution < 1.29 is 5.11 Å². The average molecular weight is 361 g/mol. The van der Waals surface area contributed by atoms with Crippen LogP contribution in [0.4, 0.5) is 5.82 Å². The smallest absolute Gasteiger partial charge is 0.128 e. The van der Waals surface area contributed by atoms with Gasteiger partial charge in [0, 0.05) is 56.4 Å². The molecule has 1 saturated heterocycles. The molecule has 138 valence electrons. The van der Waals surface area contributed by atoms with Crippen LogP contribution >= 0.6 is 0 Å². The SMILES string of the molecule is C=C(O)c1ccc(N2CCN(C(C)c3ccc4nccnc4c3)CC2)nc1. The Labute approximate surface area is 158 Å². The van der Waals surface area contributed by atoms with Gasteiger partial charge in [-0.3, -0.25) is 14.9 Å². The molecule has 0 saturated carbocycles. The van der Waals surface area contributed by atoms with Crippen LogP contribution in [-0.4, -0.2) is 51.1 Å². The molecule has 6 nitrogen and oxygen atoms in total. The van der Waals surface area contributed by atoms with Gasteiger partial charge in [0.1, 0.15) is 11.6 Å². The second kappa shape index (κ2) is 7.32. The van der Waals surface area contributed by atoms with Gasteiger partial charge in [0.2, 0.25) is 0 Å². The van der Waals surface area contributed by atoms with Crippen molar-refractivity contribution in [1.82, 2.24) is 19.9 Å². The van der Waals surface area contributed by atoms with Gasteiger partial charge < -0.3 is 10.0 Å². The minimum Gasteiger partial charge on any atom is -0.508 e. The van der Waals surface area contributed by atoms with Crippen LogP contribution in [0.25, 0.3) is 16.8 Å². The van der Waals surface area contributed by atoms with E-state index in [2.05, 4.69) is 50.4 Å². The fourth-order valence-electron chi connectivity index (χ4n) is 3.53. The Bertz CT molecular complexity index is 948. The lowest BCUT2D eigenvalue weighted by atomic mass is 10.0. The third kappa shape index (κ3) is 3.61. The number of anilines is 1. The molecule has 1 fully saturated rings. The fourth-order valence-corrected chi connectivity index (χ4v) is 3.53. The first-order valence-corrected chi connectivity index (χ1v) is 9.16. The predicted molar refractivity (Wildman–Crippen MR) is 108 cm³/mol. The van der Waals surface area contributed by atoms with Crippen molar-refractivity contribution in [1.29, 1.82) is 0 Å². The van der Waals surface area contributed by atoms with Crippen LogP contribution in [0.5, 0.6) is 0 Å². The molecular formula is C21H23N5O. The van der Waals surface area contributed by atoms with Crippen molar-refractivity contribution in [2.45, 2.75) is 13.0 Å². The van der Waals surface area contributed by atoms with Crippen LogP contribution in [0.3, 0.4) is 0 Å². The fraction of sp³-hybridized carbons (Fsp3) is 0.286. The number of pyridine rings is 1. The third-order valence-electron chi connectivity index (χ3n) is 5.24. The van der Waals surface area contributed by atoms with E-state index in [-0.39, 0.29) is 5.76 Å². The molecule has 0 amide bonds. The summed E-state index contributed by atoms with van der Waals surface area (Å²) in [5.41, 5.74) is 3.79. The summed E-state index contributed by atoms with van der Waals surface area (Å²) >= 11 is 0. The summed E-state index contributed by atoms with van der Waals surface area (Å²) in [5, 5.41) is 9.43. The number of hydrogen-bond acceptors (Lipinski definition) is 6. The molecule has 3 aromatic rings. The average Bonchev–Trinajstić information content (AvgIpc) is 2.73. The van der Waals surface area contributed by atoms with Crippen molar-refractivity contribution in [3.05, 3.63) is 66.6 Å². The maximum Gasteiger partial charge on any atom is 0.128 e. The van der Waals surface area contributed by atoms with Gasteiger partial charge in [-0.15, -0.1) is 0 Å². The molecule has 1 aromatic carbocycles. The van der Waals surface area contributed by atoms with E-state index in [1.165, 1.54) is 5.56 Å². The lowest BCUT2D eigenvalue weighted by molar-refractivity contribution is 0.198. The number of nitrogens with zero attached hydrogens (tertiary/aromatic N) is 5. The van der Waals surface area contributed by atoms with Gasteiger partial charge in [-0.05, 0) is 36.8 Å². The van der Waals surface area contributed by atoms with Gasteiger partial charge in [-0.2, -0.15) is 0 Å². The first-order valence-electron chi connectivity index (χ1n) is 9.16. The van der Waals surface area contributed by atoms with Gasteiger partial charge in [0.05, 0.1) is 11.0 Å². The monoisotopic (exact) mass is 361 g/mol. The zero-order valence-electron chi connectivity index (χ0n) is 15.4. The summed E-state index contributed by atoms with van der Waals surface area (Å²) in [6.07, 6.45) is 5.13. The lowest BCUT2D eigenvalue weighted by Gasteiger charge is -2.38. The standard InChI is InChI=1S/C21H23N5O/c1-15(17-3-5-19-20(13-17)23-8-7-22-19)25-9-11-26(12-10-25)21-6-4-18(14-24-21)16(2)27/h3-8,13-15,27H,2,9-12H2,1H3. The van der Waals surface area contributed by atoms with Crippen LogP contribution in [-0.2, 0) is 0 Å². The van der Waals surface area contributed by atoms with Crippen LogP contribution in [0, 0.1) is 0 Å². The molecule has 4 rings (SSSR count). The summed E-state index contributed by atoms with van der Waals surface area (Å²) in [7, 11) is 0. The zero-order chi connectivity index (χ0) is 18.8. The first kappa shape index (κ1) is 17.4. The van der Waals surface area contributed by atoms with Crippen molar-refractivity contribution in [3.63, 3.8) is 0 Å². The van der Waals surface area contributed by atoms with Crippen LogP contribution in [0.2, 0.25) is 0 Å². The number of aromatic nitrogens is 3. The van der Waals surface area contributed by atoms with Gasteiger partial charge >= 0.3 is 0 Å². The molecule has 0 spiro atoms. The van der Waals surface area contributed by atoms with E-state index in [1.807, 2.05) is 18.2 Å². The van der Waals surface area contributed by atoms with E-state index in [0.29, 0.717) is 11.6 Å². The van der Waals surface area contributed by atoms with Crippen LogP contribution in [0.1, 0.15) is 24.1 Å². The van der Waals surface area contributed by atoms with Crippen LogP contribution < -0.4 is 4.90 Å². The Hall–Kier alpha value is -2.99. The number of benzene rings is 1. The number of hydrogen-bond donors (Lipinski definition) is 1. The quantitative estimate of drug-likeness (QED) is 0.718. The molecule has 1 unspecified atom stereocenters. The Kier molecular flexibility index (Phi) is 4.73. The molecule has 1 atom stereocenters. The van der Waals surface area contributed by atoms with Gasteiger partial charge in [-0.1, -0.05) is 12.6 Å². The van der Waals surface area contributed by atoms with E-state index < -0.39 is 0 Å². The van der Waals surface area contributed by atoms with Crippen molar-refractivity contribution in [2.24, 2.45) is 0 Å². The molecule has 2 aromatic heterocycles. The number of piperazine rings is 1. The van der Waals surface area contributed by atoms with Crippen molar-refractivity contribution >= 4 is 22.6 Å². The van der Waals surface area contributed by atoms with Gasteiger partial charge in [-0.25, -0.2) is 4.98 Å². The lowest BCUT2D eigenvalue weighted by Crippen LogP contribution is -2.47. The molecule has 0 bridgehead atoms. The normalized spacial score (nSPS) is 16.4. The summed E-state index contributed by atoms with van der Waals surface area (Å²) in [6, 6.07) is 10.5. The van der Waals surface area contributed by atoms with E-state index >= 15 is 0 Å². The summed E-state index contributed by atoms with van der Waals surface area (Å²) < 4.78 is 0. The zero-order valence-corrected chi connectivity index (χ0v) is 15.4. The molecule has 1 N–H and O–H groups in total. The first-order chi connectivity index (χ1) is 13.1. The molecule has 1 aliphatic rings. The highest BCUT2D eigenvalue weighted by atomic mass is 16.3. The molecule has 1 aliphatic heterocycles. The molecule has 27 heavy (non-hydrogen) atoms. The maximum absolute atomic E-state index is 9.43. The summed E-state index contributed by atoms with van der Waals surface area (Å²) in [5.74, 6) is 0.987. The highest BCUT2D eigenvalue weighted by Crippen LogP contribution is 2.25. The molecular weight excluding hydrogens is 338 g/mol. The second-order valence-electron chi connectivity index (χ2n) is 6.86. The van der Waals surface area contributed by atoms with Crippen molar-refractivity contribution in [3.8, 4) is 0 Å². The minimum atomic E-state index is 0.0489. The topological polar surface area (TPSA) is 65.4 Å². The highest BCUT2D eigenvalue weighted by molar-refractivity contribution is 5.74. The van der Waals surface area contributed by atoms with Gasteiger partial charge in [0.25, 0.3) is 0 Å². The number of aliphatic hydroxyl groups is 1. The second-order valence-corrected chi connectivity index (χ2v) is 6.86. The predicted octanol–water partition coefficient (Wildman–Crippen LogP) is 3.44. The number of fused-ring (bicyclic) bond motifs is 1. The molecule has 3 heterocycles. The summed E-state index contributed by atoms with van der Waals surface area (Å²) in [4.78, 5) is 18.0. The number of aliphatic hydroxyl groups excluding tert-OH is 1. The minimum absolute atomic E-state index is 0.0489. The third-order valence-corrected chi connectivity index (χ3v) is 5.24. The molecule has 0 radical (unpaired) electrons. The maximum atomic E-state index is 9.43. The molecule has 0 aliphatic carbocycles. The Morgan fingerprint density at radius 1 is 1.00 bits per heavy atom. The summed E-state index contributed by atoms with van der Waals surface area (Å²) in [6.45, 7) is 9.55. The van der Waals surface area contributed by atoms with Gasteiger partial charge in [0.15, 0.2) is 0 Å². The Balaban J connectivity index is 1.42. The number of rotatable bonds is 4. The van der Waals surface area contributed by atoms with Crippen molar-refractivity contribution in [2.75, 3.05) is 31.1 Å². The van der Waals surface area contributed by atoms with Crippen LogP contribution in [0.15, 0.2) is 55.5 Å². The highest BCUT2D eigenvalue weighted by Gasteiger charge is 2.23. The molecule has 6 heteroatoms. The van der Waals surface area contributed by atoms with E-state index in [4.69, 9.17) is 0 Å². The Morgan fingerprint density at radius 3 is 2.41 bits per heavy atom.